The molecule has 5 aliphatic rings. The van der Waals surface area contributed by atoms with Crippen LogP contribution in [0.4, 0.5) is 10.2 Å². The Balaban J connectivity index is 1.31. The Morgan fingerprint density at radius 3 is 2.46 bits per heavy atom. The lowest BCUT2D eigenvalue weighted by molar-refractivity contribution is -0.0232. The Bertz CT molecular complexity index is 1510. The van der Waals surface area contributed by atoms with Crippen molar-refractivity contribution in [2.45, 2.75) is 88.8 Å². The molecule has 2 saturated heterocycles. The summed E-state index contributed by atoms with van der Waals surface area (Å²) in [5.74, 6) is 0.625. The van der Waals surface area contributed by atoms with Crippen LogP contribution in [0.5, 0.6) is 0 Å². The second-order valence-electron chi connectivity index (χ2n) is 12.4. The molecule has 8 rings (SSSR count). The molecule has 0 radical (unpaired) electrons. The number of nitrogens with two attached hydrogens (primary N) is 1. The summed E-state index contributed by atoms with van der Waals surface area (Å²) in [5.41, 5.74) is 5.69. The number of hydrogen-bond acceptors (Lipinski definition) is 6. The lowest BCUT2D eigenvalue weighted by Crippen LogP contribution is -2.56. The van der Waals surface area contributed by atoms with E-state index >= 15 is 0 Å². The highest BCUT2D eigenvalue weighted by Gasteiger charge is 2.44. The number of para-hydroxylation sites is 2. The third kappa shape index (κ3) is 4.39. The molecule has 5 fully saturated rings. The molecule has 4 heterocycles. The Kier molecular flexibility index (Phi) is 6.29. The highest BCUT2D eigenvalue weighted by molar-refractivity contribution is 5.75. The summed E-state index contributed by atoms with van der Waals surface area (Å²) in [7, 11) is 0. The first-order chi connectivity index (χ1) is 19.0. The van der Waals surface area contributed by atoms with E-state index in [0.717, 1.165) is 53.9 Å². The predicted molar refractivity (Wildman–Crippen MR) is 148 cm³/mol. The number of benzene rings is 1. The Labute approximate surface area is 227 Å². The van der Waals surface area contributed by atoms with E-state index in [-0.39, 0.29) is 17.4 Å². The van der Waals surface area contributed by atoms with Gasteiger partial charge in [0.2, 0.25) is 5.82 Å². The van der Waals surface area contributed by atoms with Gasteiger partial charge in [0.25, 0.3) is 5.56 Å². The molecule has 39 heavy (non-hydrogen) atoms. The number of rotatable bonds is 3. The van der Waals surface area contributed by atoms with Gasteiger partial charge >= 0.3 is 5.69 Å². The van der Waals surface area contributed by atoms with E-state index < -0.39 is 17.3 Å². The minimum absolute atomic E-state index is 0.00363. The first kappa shape index (κ1) is 24.9. The Morgan fingerprint density at radius 1 is 0.872 bits per heavy atom. The topological polar surface area (TPSA) is 99.0 Å². The van der Waals surface area contributed by atoms with Crippen LogP contribution in [-0.2, 0) is 0 Å². The van der Waals surface area contributed by atoms with E-state index in [2.05, 4.69) is 14.9 Å². The van der Waals surface area contributed by atoms with E-state index in [0.29, 0.717) is 23.5 Å². The first-order valence-electron chi connectivity index (χ1n) is 14.8. The van der Waals surface area contributed by atoms with Gasteiger partial charge in [0, 0.05) is 24.7 Å². The second-order valence-corrected chi connectivity index (χ2v) is 12.4. The standard InChI is InChI=1S/C30H37FN6O2/c31-23-17-36(30(39)34-27(23)32)28-29(38)37(25-11-4-3-10-24(25)33-28)26-15-21-9-2-1-8-20(26)16-35(21)22-13-18-6-5-7-19(12-18)14-22/h3-4,10-11,17-22,26H,1-2,5-9,12-16H2,(H2,32,34,39)/t18-,19+,20?,21-,22?,26+/m0/s1. The van der Waals surface area contributed by atoms with Gasteiger partial charge in [0.1, 0.15) is 0 Å². The normalized spacial score (nSPS) is 31.2. The third-order valence-corrected chi connectivity index (χ3v) is 10.2. The fourth-order valence-corrected chi connectivity index (χ4v) is 8.46. The van der Waals surface area contributed by atoms with Crippen LogP contribution in [0.25, 0.3) is 16.9 Å². The molecule has 2 aromatic heterocycles. The molecule has 2 N–H and O–H groups in total. The SMILES string of the molecule is Nc1nc(=O)n(-c2nc3ccccc3n([C@@H]3C[C@@H]4CCCCC3CN4C3C[C@H]4CCC[C@@H](C3)C4)c2=O)cc1F. The Hall–Kier alpha value is -3.07. The van der Waals surface area contributed by atoms with Crippen molar-refractivity contribution in [3.8, 4) is 5.82 Å². The quantitative estimate of drug-likeness (QED) is 0.536. The molecule has 0 spiro atoms. The zero-order chi connectivity index (χ0) is 26.7. The molecule has 2 aliphatic heterocycles. The van der Waals surface area contributed by atoms with Gasteiger partial charge in [-0.25, -0.2) is 18.7 Å². The van der Waals surface area contributed by atoms with E-state index in [1.165, 1.54) is 51.4 Å². The van der Waals surface area contributed by atoms with Gasteiger partial charge in [-0.3, -0.25) is 9.69 Å². The van der Waals surface area contributed by atoms with Gasteiger partial charge in [-0.05, 0) is 68.4 Å². The minimum Gasteiger partial charge on any atom is -0.381 e. The van der Waals surface area contributed by atoms with E-state index in [1.54, 1.807) is 0 Å². The summed E-state index contributed by atoms with van der Waals surface area (Å²) in [5, 5.41) is 0. The number of nitrogen functional groups attached to an aromatic ring is 1. The molecule has 9 heteroatoms. The van der Waals surface area contributed by atoms with Crippen molar-refractivity contribution in [2.75, 3.05) is 12.3 Å². The number of anilines is 1. The molecular weight excluding hydrogens is 495 g/mol. The lowest BCUT2D eigenvalue weighted by atomic mass is 9.68. The average molecular weight is 533 g/mol. The number of hydrogen-bond donors (Lipinski definition) is 1. The summed E-state index contributed by atoms with van der Waals surface area (Å²) in [4.78, 5) is 37.8. The van der Waals surface area contributed by atoms with Crippen LogP contribution in [0, 0.1) is 23.6 Å². The van der Waals surface area contributed by atoms with Crippen molar-refractivity contribution in [2.24, 2.45) is 17.8 Å². The second kappa shape index (κ2) is 9.84. The van der Waals surface area contributed by atoms with Crippen LogP contribution < -0.4 is 17.0 Å². The maximum Gasteiger partial charge on any atom is 0.355 e. The van der Waals surface area contributed by atoms with Gasteiger partial charge in [0.15, 0.2) is 11.6 Å². The molecular formula is C30H37FN6O2. The number of nitrogens with zero attached hydrogens (tertiary/aromatic N) is 5. The zero-order valence-corrected chi connectivity index (χ0v) is 22.3. The fourth-order valence-electron chi connectivity index (χ4n) is 8.46. The van der Waals surface area contributed by atoms with Crippen molar-refractivity contribution in [1.82, 2.24) is 24.0 Å². The highest BCUT2D eigenvalue weighted by Crippen LogP contribution is 2.46. The molecule has 6 atom stereocenters. The van der Waals surface area contributed by atoms with Gasteiger partial charge in [0.05, 0.1) is 17.2 Å². The summed E-state index contributed by atoms with van der Waals surface area (Å²) in [6.07, 6.45) is 14.7. The first-order valence-corrected chi connectivity index (χ1v) is 14.8. The summed E-state index contributed by atoms with van der Waals surface area (Å²) in [6, 6.07) is 8.66. The van der Waals surface area contributed by atoms with Crippen LogP contribution in [0.1, 0.15) is 76.7 Å². The van der Waals surface area contributed by atoms with Gasteiger partial charge in [-0.1, -0.05) is 44.2 Å². The molecule has 3 aliphatic carbocycles. The fraction of sp³-hybridized carbons (Fsp3) is 0.600. The average Bonchev–Trinajstić information content (AvgIpc) is 2.90. The van der Waals surface area contributed by atoms with Crippen molar-refractivity contribution in [3.63, 3.8) is 0 Å². The smallest absolute Gasteiger partial charge is 0.355 e. The summed E-state index contributed by atoms with van der Waals surface area (Å²) >= 11 is 0. The maximum atomic E-state index is 14.4. The van der Waals surface area contributed by atoms with Crippen molar-refractivity contribution in [1.29, 1.82) is 0 Å². The number of halogens is 1. The van der Waals surface area contributed by atoms with Gasteiger partial charge in [-0.2, -0.15) is 4.98 Å². The molecule has 0 amide bonds. The zero-order valence-electron chi connectivity index (χ0n) is 22.3. The highest BCUT2D eigenvalue weighted by atomic mass is 19.1. The molecule has 4 bridgehead atoms. The van der Waals surface area contributed by atoms with Crippen molar-refractivity contribution < 1.29 is 4.39 Å². The van der Waals surface area contributed by atoms with Crippen molar-refractivity contribution in [3.05, 3.63) is 57.1 Å². The predicted octanol–water partition coefficient (Wildman–Crippen LogP) is 4.44. The molecule has 1 aromatic carbocycles. The van der Waals surface area contributed by atoms with Crippen LogP contribution in [0.2, 0.25) is 0 Å². The summed E-state index contributed by atoms with van der Waals surface area (Å²) in [6.45, 7) is 1.01. The molecule has 3 saturated carbocycles. The molecule has 206 valence electrons. The van der Waals surface area contributed by atoms with E-state index in [4.69, 9.17) is 5.73 Å². The minimum atomic E-state index is -0.853. The van der Waals surface area contributed by atoms with Gasteiger partial charge in [-0.15, -0.1) is 0 Å². The lowest BCUT2D eigenvalue weighted by Gasteiger charge is -2.53. The largest absolute Gasteiger partial charge is 0.381 e. The Morgan fingerprint density at radius 2 is 1.64 bits per heavy atom. The van der Waals surface area contributed by atoms with Gasteiger partial charge < -0.3 is 10.3 Å². The van der Waals surface area contributed by atoms with E-state index in [9.17, 15) is 14.0 Å². The van der Waals surface area contributed by atoms with Crippen LogP contribution in [-0.4, -0.2) is 42.6 Å². The monoisotopic (exact) mass is 532 g/mol. The molecule has 3 aromatic rings. The van der Waals surface area contributed by atoms with E-state index in [1.807, 2.05) is 28.8 Å². The summed E-state index contributed by atoms with van der Waals surface area (Å²) < 4.78 is 17.2. The van der Waals surface area contributed by atoms with Crippen LogP contribution >= 0.6 is 0 Å². The van der Waals surface area contributed by atoms with Crippen molar-refractivity contribution >= 4 is 16.9 Å². The van der Waals surface area contributed by atoms with Crippen LogP contribution in [0.15, 0.2) is 40.1 Å². The third-order valence-electron chi connectivity index (χ3n) is 10.2. The number of fused-ring (bicyclic) bond motifs is 8. The maximum absolute atomic E-state index is 14.4. The van der Waals surface area contributed by atoms with Crippen LogP contribution in [0.3, 0.4) is 0 Å². The number of aromatic nitrogens is 4. The molecule has 2 unspecified atom stereocenters. The number of piperidine rings is 1. The molecule has 8 nitrogen and oxygen atoms in total.